The Morgan fingerprint density at radius 2 is 2.38 bits per heavy atom. The van der Waals surface area contributed by atoms with E-state index in [-0.39, 0.29) is 11.9 Å². The zero-order valence-corrected chi connectivity index (χ0v) is 5.27. The molecule has 3 N–H and O–H groups in total. The van der Waals surface area contributed by atoms with Crippen LogP contribution in [0.1, 0.15) is 13.8 Å². The van der Waals surface area contributed by atoms with E-state index in [1.165, 1.54) is 6.92 Å². The van der Waals surface area contributed by atoms with Crippen molar-refractivity contribution in [2.24, 2.45) is 5.73 Å². The highest BCUT2D eigenvalue weighted by molar-refractivity contribution is 5.73. The molecule has 0 saturated heterocycles. The molecule has 48 valence electrons. The van der Waals surface area contributed by atoms with Crippen LogP contribution >= 0.6 is 0 Å². The van der Waals surface area contributed by atoms with Crippen molar-refractivity contribution in [3.63, 3.8) is 0 Å². The summed E-state index contributed by atoms with van der Waals surface area (Å²) in [6, 6.07) is 0.104. The van der Waals surface area contributed by atoms with E-state index in [1.54, 1.807) is 0 Å². The summed E-state index contributed by atoms with van der Waals surface area (Å²) in [5.41, 5.74) is 5.21. The Morgan fingerprint density at radius 3 is 2.50 bits per heavy atom. The monoisotopic (exact) mass is 116 g/mol. The van der Waals surface area contributed by atoms with Gasteiger partial charge in [-0.15, -0.1) is 0 Å². The van der Waals surface area contributed by atoms with Crippen LogP contribution in [0, 0.1) is 0 Å². The molecule has 0 radical (unpaired) electrons. The van der Waals surface area contributed by atoms with E-state index in [1.807, 2.05) is 6.92 Å². The van der Waals surface area contributed by atoms with Gasteiger partial charge in [0.2, 0.25) is 5.91 Å². The van der Waals surface area contributed by atoms with Gasteiger partial charge in [-0.05, 0) is 6.92 Å². The minimum atomic E-state index is -0.0250. The maximum Gasteiger partial charge on any atom is 0.217 e. The summed E-state index contributed by atoms with van der Waals surface area (Å²) in [7, 11) is 0. The van der Waals surface area contributed by atoms with Crippen molar-refractivity contribution >= 4 is 5.91 Å². The maximum absolute atomic E-state index is 10.2. The van der Waals surface area contributed by atoms with Crippen LogP contribution in [-0.2, 0) is 4.79 Å². The summed E-state index contributed by atoms with van der Waals surface area (Å²) >= 11 is 0. The number of carbonyl (C=O) groups excluding carboxylic acids is 1. The van der Waals surface area contributed by atoms with Gasteiger partial charge in [0.25, 0.3) is 0 Å². The number of nitrogens with two attached hydrogens (primary N) is 1. The average molecular weight is 116 g/mol. The fraction of sp³-hybridized carbons (Fsp3) is 0.800. The van der Waals surface area contributed by atoms with Gasteiger partial charge in [-0.2, -0.15) is 0 Å². The molecule has 8 heavy (non-hydrogen) atoms. The van der Waals surface area contributed by atoms with E-state index in [4.69, 9.17) is 5.73 Å². The third-order valence-corrected chi connectivity index (χ3v) is 0.803. The predicted octanol–water partition coefficient (Wildman–Crippen LogP) is -0.530. The number of carbonyl (C=O) groups is 1. The summed E-state index contributed by atoms with van der Waals surface area (Å²) in [5.74, 6) is -0.0250. The second-order valence-electron chi connectivity index (χ2n) is 1.84. The van der Waals surface area contributed by atoms with Crippen LogP contribution in [0.5, 0.6) is 0 Å². The molecule has 0 spiro atoms. The average Bonchev–Trinajstić information content (AvgIpc) is 1.65. The van der Waals surface area contributed by atoms with Crippen molar-refractivity contribution in [1.29, 1.82) is 0 Å². The molecule has 0 aliphatic heterocycles. The fourth-order valence-electron chi connectivity index (χ4n) is 0.406. The molecule has 1 amide bonds. The molecular formula is C5H12N2O. The van der Waals surface area contributed by atoms with E-state index in [2.05, 4.69) is 5.32 Å². The molecule has 0 bridgehead atoms. The van der Waals surface area contributed by atoms with Gasteiger partial charge in [0, 0.05) is 19.5 Å². The zero-order chi connectivity index (χ0) is 6.57. The van der Waals surface area contributed by atoms with Gasteiger partial charge in [0.1, 0.15) is 0 Å². The molecule has 0 aromatic rings. The van der Waals surface area contributed by atoms with E-state index in [0.717, 1.165) is 0 Å². The maximum atomic E-state index is 10.2. The molecular weight excluding hydrogens is 104 g/mol. The molecule has 0 aromatic heterocycles. The Bertz CT molecular complexity index is 82.5. The number of nitrogens with one attached hydrogen (secondary N) is 1. The quantitative estimate of drug-likeness (QED) is 0.509. The van der Waals surface area contributed by atoms with Crippen LogP contribution in [0.15, 0.2) is 0 Å². The third-order valence-electron chi connectivity index (χ3n) is 0.803. The molecule has 0 aliphatic rings. The van der Waals surface area contributed by atoms with Crippen molar-refractivity contribution in [3.8, 4) is 0 Å². The molecule has 1 unspecified atom stereocenters. The largest absolute Gasteiger partial charge is 0.353 e. The molecule has 0 fully saturated rings. The van der Waals surface area contributed by atoms with Crippen LogP contribution in [0.3, 0.4) is 0 Å². The second-order valence-corrected chi connectivity index (χ2v) is 1.84. The highest BCUT2D eigenvalue weighted by Crippen LogP contribution is 1.73. The summed E-state index contributed by atoms with van der Waals surface area (Å²) in [5, 5.41) is 2.63. The lowest BCUT2D eigenvalue weighted by molar-refractivity contribution is -0.119. The molecule has 0 rings (SSSR count). The molecule has 0 aromatic carbocycles. The highest BCUT2D eigenvalue weighted by atomic mass is 16.1. The third kappa shape index (κ3) is 3.61. The first-order valence-corrected chi connectivity index (χ1v) is 2.64. The lowest BCUT2D eigenvalue weighted by Crippen LogP contribution is -2.36. The van der Waals surface area contributed by atoms with Gasteiger partial charge in [0.05, 0.1) is 0 Å². The normalized spacial score (nSPS) is 12.9. The van der Waals surface area contributed by atoms with Crippen molar-refractivity contribution in [1.82, 2.24) is 5.32 Å². The van der Waals surface area contributed by atoms with E-state index in [9.17, 15) is 4.79 Å². The zero-order valence-electron chi connectivity index (χ0n) is 5.27. The van der Waals surface area contributed by atoms with Crippen LogP contribution in [0.4, 0.5) is 0 Å². The van der Waals surface area contributed by atoms with Gasteiger partial charge in [-0.25, -0.2) is 0 Å². The topological polar surface area (TPSA) is 55.1 Å². The minimum absolute atomic E-state index is 0.0250. The van der Waals surface area contributed by atoms with Crippen molar-refractivity contribution < 1.29 is 4.79 Å². The number of amides is 1. The van der Waals surface area contributed by atoms with Crippen LogP contribution in [0.2, 0.25) is 0 Å². The summed E-state index contributed by atoms with van der Waals surface area (Å²) in [4.78, 5) is 10.2. The van der Waals surface area contributed by atoms with E-state index < -0.39 is 0 Å². The Morgan fingerprint density at radius 1 is 1.88 bits per heavy atom. The molecule has 3 heteroatoms. The van der Waals surface area contributed by atoms with Crippen molar-refractivity contribution in [2.45, 2.75) is 19.9 Å². The van der Waals surface area contributed by atoms with Crippen LogP contribution in [-0.4, -0.2) is 18.5 Å². The number of rotatable bonds is 2. The van der Waals surface area contributed by atoms with Crippen LogP contribution in [0.25, 0.3) is 0 Å². The van der Waals surface area contributed by atoms with Gasteiger partial charge in [-0.1, -0.05) is 0 Å². The second kappa shape index (κ2) is 3.43. The smallest absolute Gasteiger partial charge is 0.217 e. The first-order valence-electron chi connectivity index (χ1n) is 2.64. The lowest BCUT2D eigenvalue weighted by Gasteiger charge is -2.07. The first-order chi connectivity index (χ1) is 3.66. The van der Waals surface area contributed by atoms with E-state index >= 15 is 0 Å². The van der Waals surface area contributed by atoms with Gasteiger partial charge < -0.3 is 11.1 Å². The highest BCUT2D eigenvalue weighted by Gasteiger charge is 1.96. The standard InChI is InChI=1S/C5H12N2O/c1-4(3-6)7-5(2)8/h4H,3,6H2,1-2H3,(H,7,8). The molecule has 0 saturated carbocycles. The molecule has 0 aliphatic carbocycles. The molecule has 0 heterocycles. The SMILES string of the molecule is CC(=O)NC(C)CN. The Hall–Kier alpha value is -0.570. The van der Waals surface area contributed by atoms with E-state index in [0.29, 0.717) is 6.54 Å². The van der Waals surface area contributed by atoms with Gasteiger partial charge >= 0.3 is 0 Å². The Balaban J connectivity index is 3.24. The summed E-state index contributed by atoms with van der Waals surface area (Å²) in [6.07, 6.45) is 0. The molecule has 3 nitrogen and oxygen atoms in total. The Labute approximate surface area is 49.3 Å². The van der Waals surface area contributed by atoms with Gasteiger partial charge in [0.15, 0.2) is 0 Å². The Kier molecular flexibility index (Phi) is 3.19. The first kappa shape index (κ1) is 7.43. The number of hydrogen-bond acceptors (Lipinski definition) is 2. The fourth-order valence-corrected chi connectivity index (χ4v) is 0.406. The molecule has 1 atom stereocenters. The van der Waals surface area contributed by atoms with Gasteiger partial charge in [-0.3, -0.25) is 4.79 Å². The minimum Gasteiger partial charge on any atom is -0.353 e. The number of hydrogen-bond donors (Lipinski definition) is 2. The van der Waals surface area contributed by atoms with Crippen molar-refractivity contribution in [3.05, 3.63) is 0 Å². The summed E-state index contributed by atoms with van der Waals surface area (Å²) < 4.78 is 0. The summed E-state index contributed by atoms with van der Waals surface area (Å²) in [6.45, 7) is 3.84. The lowest BCUT2D eigenvalue weighted by atomic mass is 10.3. The van der Waals surface area contributed by atoms with Crippen LogP contribution < -0.4 is 11.1 Å². The van der Waals surface area contributed by atoms with Crippen molar-refractivity contribution in [2.75, 3.05) is 6.54 Å². The predicted molar refractivity (Wildman–Crippen MR) is 32.3 cm³/mol.